The van der Waals surface area contributed by atoms with Gasteiger partial charge in [0.15, 0.2) is 5.82 Å². The van der Waals surface area contributed by atoms with Crippen LogP contribution in [0, 0.1) is 18.6 Å². The van der Waals surface area contributed by atoms with E-state index in [1.54, 1.807) is 0 Å². The van der Waals surface area contributed by atoms with Crippen molar-refractivity contribution in [1.82, 2.24) is 20.2 Å². The van der Waals surface area contributed by atoms with Gasteiger partial charge in [0.2, 0.25) is 0 Å². The average molecular weight is 379 g/mol. The predicted molar refractivity (Wildman–Crippen MR) is 101 cm³/mol. The smallest absolute Gasteiger partial charge is 0.261 e. The Kier molecular flexibility index (Phi) is 4.44. The highest BCUT2D eigenvalue weighted by Gasteiger charge is 2.21. The molecule has 6 nitrogen and oxygen atoms in total. The van der Waals surface area contributed by atoms with Gasteiger partial charge < -0.3 is 10.3 Å². The Morgan fingerprint density at radius 2 is 1.75 bits per heavy atom. The molecule has 2 heterocycles. The summed E-state index contributed by atoms with van der Waals surface area (Å²) in [5, 5.41) is 9.15. The van der Waals surface area contributed by atoms with Gasteiger partial charge in [0, 0.05) is 11.3 Å². The predicted octanol–water partition coefficient (Wildman–Crippen LogP) is 4.31. The fourth-order valence-electron chi connectivity index (χ4n) is 2.92. The lowest BCUT2D eigenvalue weighted by atomic mass is 10.1. The number of nitrogens with zero attached hydrogens (tertiary/aromatic N) is 2. The van der Waals surface area contributed by atoms with E-state index in [1.807, 2.05) is 37.3 Å². The number of imidazole rings is 1. The number of benzene rings is 2. The minimum Gasteiger partial charge on any atom is -0.340 e. The molecule has 4 aromatic rings. The summed E-state index contributed by atoms with van der Waals surface area (Å²) >= 11 is 0. The second kappa shape index (κ2) is 7.07. The standard InChI is InChI=1S/C20H15F2N5O/c1-11-17(12-6-3-2-4-7-12)26-19(24-11)18-15(10-23-27-18)25-20(28)16-13(21)8-5-9-14(16)22/h2-10H,1H3,(H,23,27)(H,24,26)(H,25,28). The van der Waals surface area contributed by atoms with Crippen LogP contribution in [0.15, 0.2) is 54.7 Å². The molecule has 0 aliphatic carbocycles. The summed E-state index contributed by atoms with van der Waals surface area (Å²) in [4.78, 5) is 20.1. The molecule has 8 heteroatoms. The third-order valence-corrected chi connectivity index (χ3v) is 4.25. The second-order valence-electron chi connectivity index (χ2n) is 6.13. The molecular formula is C20H15F2N5O. The topological polar surface area (TPSA) is 86.5 Å². The molecule has 2 aromatic heterocycles. The maximum absolute atomic E-state index is 13.9. The van der Waals surface area contributed by atoms with Crippen LogP contribution in [0.25, 0.3) is 22.8 Å². The molecular weight excluding hydrogens is 364 g/mol. The van der Waals surface area contributed by atoms with Crippen molar-refractivity contribution in [1.29, 1.82) is 0 Å². The molecule has 0 atom stereocenters. The first-order chi connectivity index (χ1) is 13.5. The third kappa shape index (κ3) is 3.16. The largest absolute Gasteiger partial charge is 0.340 e. The number of halogens is 2. The Bertz CT molecular complexity index is 1130. The Balaban J connectivity index is 1.66. The number of aromatic nitrogens is 4. The molecule has 0 radical (unpaired) electrons. The summed E-state index contributed by atoms with van der Waals surface area (Å²) in [6, 6.07) is 12.8. The minimum absolute atomic E-state index is 0.251. The van der Waals surface area contributed by atoms with E-state index in [1.165, 1.54) is 12.3 Å². The van der Waals surface area contributed by atoms with Crippen molar-refractivity contribution in [2.45, 2.75) is 6.92 Å². The van der Waals surface area contributed by atoms with Gasteiger partial charge in [-0.3, -0.25) is 9.89 Å². The molecule has 2 aromatic carbocycles. The second-order valence-corrected chi connectivity index (χ2v) is 6.13. The van der Waals surface area contributed by atoms with Gasteiger partial charge in [0.25, 0.3) is 5.91 Å². The van der Waals surface area contributed by atoms with Crippen molar-refractivity contribution in [2.75, 3.05) is 5.32 Å². The number of H-pyrrole nitrogens is 2. The van der Waals surface area contributed by atoms with Crippen LogP contribution in [0.1, 0.15) is 16.1 Å². The number of hydrogen-bond acceptors (Lipinski definition) is 3. The Morgan fingerprint density at radius 3 is 2.46 bits per heavy atom. The van der Waals surface area contributed by atoms with E-state index in [9.17, 15) is 13.6 Å². The number of nitrogens with one attached hydrogen (secondary N) is 3. The molecule has 0 spiro atoms. The van der Waals surface area contributed by atoms with Crippen LogP contribution in [-0.2, 0) is 0 Å². The molecule has 0 saturated heterocycles. The van der Waals surface area contributed by atoms with Gasteiger partial charge in [-0.05, 0) is 19.1 Å². The average Bonchev–Trinajstić information content (AvgIpc) is 3.28. The van der Waals surface area contributed by atoms with E-state index in [4.69, 9.17) is 0 Å². The van der Waals surface area contributed by atoms with Crippen LogP contribution in [0.4, 0.5) is 14.5 Å². The summed E-state index contributed by atoms with van der Waals surface area (Å²) in [5.74, 6) is -2.35. The van der Waals surface area contributed by atoms with E-state index in [0.717, 1.165) is 29.1 Å². The number of anilines is 1. The summed E-state index contributed by atoms with van der Waals surface area (Å²) in [5.41, 5.74) is 2.50. The van der Waals surface area contributed by atoms with Gasteiger partial charge in [0.1, 0.15) is 22.9 Å². The summed E-state index contributed by atoms with van der Waals surface area (Å²) < 4.78 is 27.7. The highest BCUT2D eigenvalue weighted by Crippen LogP contribution is 2.28. The molecule has 0 saturated carbocycles. The van der Waals surface area contributed by atoms with Crippen molar-refractivity contribution in [3.8, 4) is 22.8 Å². The first kappa shape index (κ1) is 17.6. The summed E-state index contributed by atoms with van der Waals surface area (Å²) in [7, 11) is 0. The van der Waals surface area contributed by atoms with Gasteiger partial charge in [-0.25, -0.2) is 13.8 Å². The number of amides is 1. The van der Waals surface area contributed by atoms with E-state index >= 15 is 0 Å². The van der Waals surface area contributed by atoms with E-state index in [2.05, 4.69) is 25.5 Å². The van der Waals surface area contributed by atoms with E-state index in [0.29, 0.717) is 11.5 Å². The lowest BCUT2D eigenvalue weighted by Gasteiger charge is -2.06. The van der Waals surface area contributed by atoms with Crippen LogP contribution in [-0.4, -0.2) is 26.1 Å². The number of aryl methyl sites for hydroxylation is 1. The SMILES string of the molecule is Cc1[nH]c(-c2[nH]ncc2NC(=O)c2c(F)cccc2F)nc1-c1ccccc1. The van der Waals surface area contributed by atoms with Crippen molar-refractivity contribution in [2.24, 2.45) is 0 Å². The number of hydrogen-bond donors (Lipinski definition) is 3. The third-order valence-electron chi connectivity index (χ3n) is 4.25. The maximum atomic E-state index is 13.9. The van der Waals surface area contributed by atoms with E-state index < -0.39 is 23.1 Å². The fraction of sp³-hybridized carbons (Fsp3) is 0.0500. The number of carbonyl (C=O) groups is 1. The van der Waals surface area contributed by atoms with Gasteiger partial charge >= 0.3 is 0 Å². The minimum atomic E-state index is -0.942. The van der Waals surface area contributed by atoms with Crippen LogP contribution >= 0.6 is 0 Å². The zero-order chi connectivity index (χ0) is 19.7. The quantitative estimate of drug-likeness (QED) is 0.494. The van der Waals surface area contributed by atoms with Gasteiger partial charge in [-0.1, -0.05) is 36.4 Å². The molecule has 3 N–H and O–H groups in total. The normalized spacial score (nSPS) is 10.8. The van der Waals surface area contributed by atoms with Crippen molar-refractivity contribution in [3.05, 3.63) is 77.6 Å². The lowest BCUT2D eigenvalue weighted by molar-refractivity contribution is 0.101. The lowest BCUT2D eigenvalue weighted by Crippen LogP contribution is -2.16. The number of rotatable bonds is 4. The molecule has 140 valence electrons. The summed E-state index contributed by atoms with van der Waals surface area (Å²) in [6.07, 6.45) is 1.35. The molecule has 0 aliphatic rings. The van der Waals surface area contributed by atoms with Crippen LogP contribution in [0.5, 0.6) is 0 Å². The van der Waals surface area contributed by atoms with Crippen molar-refractivity contribution >= 4 is 11.6 Å². The highest BCUT2D eigenvalue weighted by molar-refractivity contribution is 6.06. The highest BCUT2D eigenvalue weighted by atomic mass is 19.1. The zero-order valence-corrected chi connectivity index (χ0v) is 14.8. The molecule has 0 unspecified atom stereocenters. The first-order valence-corrected chi connectivity index (χ1v) is 8.45. The Morgan fingerprint density at radius 1 is 1.04 bits per heavy atom. The van der Waals surface area contributed by atoms with Gasteiger partial charge in [-0.15, -0.1) is 0 Å². The van der Waals surface area contributed by atoms with E-state index in [-0.39, 0.29) is 5.69 Å². The number of aromatic amines is 2. The maximum Gasteiger partial charge on any atom is 0.261 e. The molecule has 1 amide bonds. The molecule has 4 rings (SSSR count). The summed E-state index contributed by atoms with van der Waals surface area (Å²) in [6.45, 7) is 1.88. The Labute approximate surface area is 158 Å². The van der Waals surface area contributed by atoms with Crippen LogP contribution < -0.4 is 5.32 Å². The van der Waals surface area contributed by atoms with Crippen molar-refractivity contribution < 1.29 is 13.6 Å². The van der Waals surface area contributed by atoms with Gasteiger partial charge in [0.05, 0.1) is 17.6 Å². The molecule has 0 fully saturated rings. The molecule has 0 aliphatic heterocycles. The monoisotopic (exact) mass is 379 g/mol. The molecule has 28 heavy (non-hydrogen) atoms. The zero-order valence-electron chi connectivity index (χ0n) is 14.8. The fourth-order valence-corrected chi connectivity index (χ4v) is 2.92. The molecule has 0 bridgehead atoms. The Hall–Kier alpha value is -3.81. The van der Waals surface area contributed by atoms with Crippen LogP contribution in [0.3, 0.4) is 0 Å². The van der Waals surface area contributed by atoms with Crippen LogP contribution in [0.2, 0.25) is 0 Å². The van der Waals surface area contributed by atoms with Crippen molar-refractivity contribution in [3.63, 3.8) is 0 Å². The van der Waals surface area contributed by atoms with Gasteiger partial charge in [-0.2, -0.15) is 5.10 Å². The number of carbonyl (C=O) groups excluding carboxylic acids is 1. The first-order valence-electron chi connectivity index (χ1n) is 8.45.